The lowest BCUT2D eigenvalue weighted by Crippen LogP contribution is -2.38. The summed E-state index contributed by atoms with van der Waals surface area (Å²) in [6, 6.07) is 3.44. The Morgan fingerprint density at radius 1 is 1.23 bits per heavy atom. The Morgan fingerprint density at radius 3 is 2.23 bits per heavy atom. The predicted octanol–water partition coefficient (Wildman–Crippen LogP) is 2.14. The second-order valence-corrected chi connectivity index (χ2v) is 7.98. The topological polar surface area (TPSA) is 75.6 Å². The van der Waals surface area contributed by atoms with Crippen LogP contribution >= 0.6 is 0 Å². The first-order valence-corrected chi connectivity index (χ1v) is 9.08. The number of sulfonamides is 1. The monoisotopic (exact) mass is 327 g/mol. The highest BCUT2D eigenvalue weighted by atomic mass is 32.2. The molecule has 124 valence electrons. The van der Waals surface area contributed by atoms with E-state index in [1.807, 2.05) is 0 Å². The van der Waals surface area contributed by atoms with Crippen molar-refractivity contribution in [2.24, 2.45) is 5.41 Å². The average Bonchev–Trinajstić information content (AvgIpc) is 2.93. The van der Waals surface area contributed by atoms with Crippen molar-refractivity contribution >= 4 is 10.0 Å². The van der Waals surface area contributed by atoms with Crippen molar-refractivity contribution in [1.29, 1.82) is 0 Å². The van der Waals surface area contributed by atoms with Crippen LogP contribution in [0.2, 0.25) is 0 Å². The van der Waals surface area contributed by atoms with Gasteiger partial charge in [0.1, 0.15) is 5.75 Å². The van der Waals surface area contributed by atoms with Gasteiger partial charge >= 0.3 is 0 Å². The van der Waals surface area contributed by atoms with Crippen LogP contribution in [0.1, 0.15) is 36.8 Å². The summed E-state index contributed by atoms with van der Waals surface area (Å²) in [5.41, 5.74) is 1.02. The molecule has 1 saturated carbocycles. The van der Waals surface area contributed by atoms with Gasteiger partial charge in [-0.25, -0.2) is 13.1 Å². The number of rotatable bonds is 6. The summed E-state index contributed by atoms with van der Waals surface area (Å²) < 4.78 is 33.2. The maximum Gasteiger partial charge on any atom is 0.241 e. The van der Waals surface area contributed by atoms with E-state index in [0.29, 0.717) is 21.8 Å². The van der Waals surface area contributed by atoms with Crippen molar-refractivity contribution in [2.45, 2.75) is 44.4 Å². The molecule has 0 aromatic heterocycles. The number of ether oxygens (including phenoxy) is 1. The van der Waals surface area contributed by atoms with Gasteiger partial charge < -0.3 is 9.84 Å². The van der Waals surface area contributed by atoms with Crippen molar-refractivity contribution in [1.82, 2.24) is 4.72 Å². The normalized spacial score (nSPS) is 17.6. The molecule has 2 N–H and O–H groups in total. The third kappa shape index (κ3) is 3.45. The maximum atomic E-state index is 12.7. The van der Waals surface area contributed by atoms with Crippen molar-refractivity contribution in [2.75, 3.05) is 20.3 Å². The Hall–Kier alpha value is -1.11. The van der Waals surface area contributed by atoms with Crippen LogP contribution in [0.5, 0.6) is 5.75 Å². The van der Waals surface area contributed by atoms with E-state index in [4.69, 9.17) is 4.74 Å². The molecule has 0 aliphatic heterocycles. The lowest BCUT2D eigenvalue weighted by Gasteiger charge is -2.27. The first-order chi connectivity index (χ1) is 10.3. The average molecular weight is 327 g/mol. The van der Waals surface area contributed by atoms with Crippen LogP contribution in [-0.4, -0.2) is 33.8 Å². The van der Waals surface area contributed by atoms with Gasteiger partial charge in [0.15, 0.2) is 0 Å². The third-order valence-electron chi connectivity index (χ3n) is 4.58. The molecule has 0 radical (unpaired) electrons. The highest BCUT2D eigenvalue weighted by molar-refractivity contribution is 7.89. The molecule has 1 aliphatic rings. The van der Waals surface area contributed by atoms with E-state index >= 15 is 0 Å². The fourth-order valence-electron chi connectivity index (χ4n) is 3.29. The predicted molar refractivity (Wildman–Crippen MR) is 85.6 cm³/mol. The van der Waals surface area contributed by atoms with Crippen LogP contribution in [-0.2, 0) is 10.0 Å². The van der Waals surface area contributed by atoms with Crippen molar-refractivity contribution in [3.63, 3.8) is 0 Å². The largest absolute Gasteiger partial charge is 0.497 e. The first kappa shape index (κ1) is 17.2. The van der Waals surface area contributed by atoms with Gasteiger partial charge in [0.25, 0.3) is 0 Å². The van der Waals surface area contributed by atoms with Gasteiger partial charge in [-0.05, 0) is 49.9 Å². The zero-order valence-corrected chi connectivity index (χ0v) is 14.3. The number of aliphatic hydroxyl groups excluding tert-OH is 1. The van der Waals surface area contributed by atoms with E-state index in [9.17, 15) is 13.5 Å². The molecule has 1 aromatic carbocycles. The van der Waals surface area contributed by atoms with Gasteiger partial charge in [-0.1, -0.05) is 12.8 Å². The summed E-state index contributed by atoms with van der Waals surface area (Å²) >= 11 is 0. The molecule has 22 heavy (non-hydrogen) atoms. The van der Waals surface area contributed by atoms with Gasteiger partial charge in [-0.15, -0.1) is 0 Å². The smallest absolute Gasteiger partial charge is 0.241 e. The van der Waals surface area contributed by atoms with Gasteiger partial charge in [0.05, 0.1) is 12.0 Å². The molecule has 0 bridgehead atoms. The molecule has 5 nitrogen and oxygen atoms in total. The molecular weight excluding hydrogens is 302 g/mol. The van der Waals surface area contributed by atoms with Crippen LogP contribution in [0.3, 0.4) is 0 Å². The molecule has 1 aromatic rings. The third-order valence-corrected chi connectivity index (χ3v) is 6.28. The molecule has 2 rings (SSSR count). The molecule has 0 amide bonds. The minimum absolute atomic E-state index is 0.0239. The Morgan fingerprint density at radius 2 is 1.77 bits per heavy atom. The van der Waals surface area contributed by atoms with E-state index in [2.05, 4.69) is 4.72 Å². The van der Waals surface area contributed by atoms with Crippen LogP contribution in [0, 0.1) is 19.3 Å². The van der Waals surface area contributed by atoms with Crippen LogP contribution in [0.15, 0.2) is 17.0 Å². The van der Waals surface area contributed by atoms with E-state index in [1.165, 1.54) is 0 Å². The number of methoxy groups -OCH3 is 1. The Labute approximate surface area is 132 Å². The van der Waals surface area contributed by atoms with Crippen LogP contribution in [0.4, 0.5) is 0 Å². The Balaban J connectivity index is 2.24. The summed E-state index contributed by atoms with van der Waals surface area (Å²) in [6.45, 7) is 3.84. The molecule has 0 atom stereocenters. The molecule has 1 aliphatic carbocycles. The maximum absolute atomic E-state index is 12.7. The summed E-state index contributed by atoms with van der Waals surface area (Å²) in [6.07, 6.45) is 3.82. The highest BCUT2D eigenvalue weighted by Gasteiger charge is 2.35. The molecular formula is C16H25NO4S. The second kappa shape index (κ2) is 6.56. The van der Waals surface area contributed by atoms with E-state index in [-0.39, 0.29) is 18.6 Å². The van der Waals surface area contributed by atoms with Crippen molar-refractivity contribution < 1.29 is 18.3 Å². The molecule has 0 spiro atoms. The van der Waals surface area contributed by atoms with Gasteiger partial charge in [-0.3, -0.25) is 0 Å². The Kier molecular flexibility index (Phi) is 5.14. The summed E-state index contributed by atoms with van der Waals surface area (Å²) in [4.78, 5) is 0.305. The van der Waals surface area contributed by atoms with Gasteiger partial charge in [0, 0.05) is 18.6 Å². The zero-order valence-electron chi connectivity index (χ0n) is 13.5. The summed E-state index contributed by atoms with van der Waals surface area (Å²) in [5, 5.41) is 9.61. The van der Waals surface area contributed by atoms with E-state index in [1.54, 1.807) is 33.1 Å². The molecule has 0 unspecified atom stereocenters. The van der Waals surface area contributed by atoms with E-state index in [0.717, 1.165) is 25.7 Å². The molecule has 0 saturated heterocycles. The number of nitrogens with one attached hydrogen (secondary N) is 1. The summed E-state index contributed by atoms with van der Waals surface area (Å²) in [7, 11) is -2.04. The summed E-state index contributed by atoms with van der Waals surface area (Å²) in [5.74, 6) is 0.650. The van der Waals surface area contributed by atoms with Crippen LogP contribution in [0.25, 0.3) is 0 Å². The molecule has 0 heterocycles. The minimum Gasteiger partial charge on any atom is -0.497 e. The number of hydrogen-bond acceptors (Lipinski definition) is 4. The number of hydrogen-bond donors (Lipinski definition) is 2. The molecule has 1 fully saturated rings. The SMILES string of the molecule is COc1cc(C)c(S(=O)(=O)NCC2(CO)CCCC2)c(C)c1. The van der Waals surface area contributed by atoms with Crippen LogP contribution < -0.4 is 9.46 Å². The second-order valence-electron chi connectivity index (χ2n) is 6.28. The van der Waals surface area contributed by atoms with Gasteiger partial charge in [0.2, 0.25) is 10.0 Å². The van der Waals surface area contributed by atoms with Gasteiger partial charge in [-0.2, -0.15) is 0 Å². The first-order valence-electron chi connectivity index (χ1n) is 7.59. The zero-order chi connectivity index (χ0) is 16.4. The lowest BCUT2D eigenvalue weighted by atomic mass is 9.88. The van der Waals surface area contributed by atoms with E-state index < -0.39 is 10.0 Å². The standard InChI is InChI=1S/C16H25NO4S/c1-12-8-14(21-3)9-13(2)15(12)22(19,20)17-10-16(11-18)6-4-5-7-16/h8-9,17-18H,4-7,10-11H2,1-3H3. The fourth-order valence-corrected chi connectivity index (χ4v) is 4.89. The minimum atomic E-state index is -3.60. The highest BCUT2D eigenvalue weighted by Crippen LogP contribution is 2.37. The quantitative estimate of drug-likeness (QED) is 0.839. The number of aryl methyl sites for hydroxylation is 2. The fraction of sp³-hybridized carbons (Fsp3) is 0.625. The van der Waals surface area contributed by atoms with Crippen molar-refractivity contribution in [3.05, 3.63) is 23.3 Å². The number of benzene rings is 1. The lowest BCUT2D eigenvalue weighted by molar-refractivity contribution is 0.134. The Bertz CT molecular complexity index is 611. The van der Waals surface area contributed by atoms with Crippen molar-refractivity contribution in [3.8, 4) is 5.75 Å². The number of aliphatic hydroxyl groups is 1. The molecule has 6 heteroatoms.